The smallest absolute Gasteiger partial charge is 0.221 e. The summed E-state index contributed by atoms with van der Waals surface area (Å²) in [4.78, 5) is 3.66. The number of hydrogen-bond donors (Lipinski definition) is 0. The highest BCUT2D eigenvalue weighted by molar-refractivity contribution is 5.57. The molecular formula is C14H12FNO. The van der Waals surface area contributed by atoms with Crippen LogP contribution in [-0.2, 0) is 0 Å². The zero-order valence-electron chi connectivity index (χ0n) is 9.43. The van der Waals surface area contributed by atoms with E-state index in [0.29, 0.717) is 5.75 Å². The van der Waals surface area contributed by atoms with Crippen molar-refractivity contribution in [3.63, 3.8) is 0 Å². The minimum Gasteiger partial charge on any atom is -0.438 e. The van der Waals surface area contributed by atoms with E-state index in [4.69, 9.17) is 4.74 Å². The monoisotopic (exact) mass is 229 g/mol. The lowest BCUT2D eigenvalue weighted by Crippen LogP contribution is -1.91. The van der Waals surface area contributed by atoms with Gasteiger partial charge in [-0.25, -0.2) is 0 Å². The van der Waals surface area contributed by atoms with Gasteiger partial charge in [0.1, 0.15) is 5.75 Å². The minimum atomic E-state index is -0.550. The fourth-order valence-corrected chi connectivity index (χ4v) is 1.45. The van der Waals surface area contributed by atoms with Gasteiger partial charge in [-0.1, -0.05) is 36.4 Å². The Bertz CT molecular complexity index is 537. The molecular weight excluding hydrogens is 217 g/mol. The number of halogens is 1. The van der Waals surface area contributed by atoms with E-state index in [9.17, 15) is 4.39 Å². The van der Waals surface area contributed by atoms with Crippen molar-refractivity contribution < 1.29 is 9.13 Å². The van der Waals surface area contributed by atoms with Crippen LogP contribution < -0.4 is 4.74 Å². The third kappa shape index (κ3) is 2.91. The largest absolute Gasteiger partial charge is 0.438 e. The third-order valence-corrected chi connectivity index (χ3v) is 2.17. The van der Waals surface area contributed by atoms with Gasteiger partial charge in [0.05, 0.1) is 0 Å². The number of nitrogens with zero attached hydrogens (tertiary/aromatic N) is 1. The second kappa shape index (κ2) is 5.25. The van der Waals surface area contributed by atoms with Gasteiger partial charge >= 0.3 is 0 Å². The van der Waals surface area contributed by atoms with Gasteiger partial charge in [0.2, 0.25) is 11.8 Å². The molecule has 2 rings (SSSR count). The van der Waals surface area contributed by atoms with E-state index in [0.717, 1.165) is 5.56 Å². The predicted molar refractivity (Wildman–Crippen MR) is 65.4 cm³/mol. The van der Waals surface area contributed by atoms with Crippen molar-refractivity contribution in [2.75, 3.05) is 0 Å². The van der Waals surface area contributed by atoms with Crippen molar-refractivity contribution in [1.29, 1.82) is 0 Å². The Hall–Kier alpha value is -2.16. The number of hydrogen-bond acceptors (Lipinski definition) is 2. The molecule has 86 valence electrons. The van der Waals surface area contributed by atoms with E-state index in [2.05, 4.69) is 4.98 Å². The van der Waals surface area contributed by atoms with Crippen molar-refractivity contribution in [3.8, 4) is 11.6 Å². The molecule has 2 aromatic rings. The zero-order chi connectivity index (χ0) is 12.1. The molecule has 1 heterocycles. The first-order chi connectivity index (χ1) is 8.29. The predicted octanol–water partition coefficient (Wildman–Crippen LogP) is 4.05. The molecule has 0 saturated heterocycles. The molecule has 3 heteroatoms. The van der Waals surface area contributed by atoms with E-state index in [-0.39, 0.29) is 5.88 Å². The number of pyridine rings is 1. The molecule has 1 aromatic heterocycles. The molecule has 0 spiro atoms. The second-order valence-electron chi connectivity index (χ2n) is 3.44. The number of para-hydroxylation sites is 1. The summed E-state index contributed by atoms with van der Waals surface area (Å²) < 4.78 is 18.5. The normalized spacial score (nSPS) is 10.7. The van der Waals surface area contributed by atoms with Gasteiger partial charge in [0.15, 0.2) is 0 Å². The van der Waals surface area contributed by atoms with Gasteiger partial charge in [0.25, 0.3) is 0 Å². The lowest BCUT2D eigenvalue weighted by molar-refractivity contribution is 0.444. The van der Waals surface area contributed by atoms with Gasteiger partial charge in [0, 0.05) is 11.6 Å². The molecule has 0 unspecified atom stereocenters. The third-order valence-electron chi connectivity index (χ3n) is 2.17. The van der Waals surface area contributed by atoms with Crippen LogP contribution in [0.3, 0.4) is 0 Å². The summed E-state index contributed by atoms with van der Waals surface area (Å²) in [5.41, 5.74) is 0.932. The summed E-state index contributed by atoms with van der Waals surface area (Å²) in [7, 11) is 0. The van der Waals surface area contributed by atoms with Crippen molar-refractivity contribution in [2.24, 2.45) is 0 Å². The summed E-state index contributed by atoms with van der Waals surface area (Å²) >= 11 is 0. The number of aromatic nitrogens is 1. The van der Waals surface area contributed by atoms with E-state index in [1.807, 2.05) is 43.3 Å². The lowest BCUT2D eigenvalue weighted by Gasteiger charge is -2.07. The standard InChI is InChI=1S/C14H12FNO/c1-2-6-11-7-3-4-8-12(11)17-14-10-5-9-13(15)16-14/h2-10H,1H3/b6-2+. The van der Waals surface area contributed by atoms with Crippen LogP contribution in [0.4, 0.5) is 4.39 Å². The topological polar surface area (TPSA) is 22.1 Å². The molecule has 0 fully saturated rings. The molecule has 0 atom stereocenters. The Morgan fingerprint density at radius 2 is 1.94 bits per heavy atom. The van der Waals surface area contributed by atoms with Crippen molar-refractivity contribution in [1.82, 2.24) is 4.98 Å². The summed E-state index contributed by atoms with van der Waals surface area (Å²) in [6.07, 6.45) is 3.84. The molecule has 0 bridgehead atoms. The second-order valence-corrected chi connectivity index (χ2v) is 3.44. The fourth-order valence-electron chi connectivity index (χ4n) is 1.45. The van der Waals surface area contributed by atoms with Crippen LogP contribution in [0.1, 0.15) is 12.5 Å². The SMILES string of the molecule is C/C=C/c1ccccc1Oc1cccc(F)n1. The Labute approximate surface area is 99.4 Å². The highest BCUT2D eigenvalue weighted by Crippen LogP contribution is 2.24. The lowest BCUT2D eigenvalue weighted by atomic mass is 10.2. The fraction of sp³-hybridized carbons (Fsp3) is 0.0714. The maximum atomic E-state index is 12.9. The molecule has 0 aliphatic carbocycles. The average Bonchev–Trinajstić information content (AvgIpc) is 2.32. The van der Waals surface area contributed by atoms with Crippen LogP contribution in [0.5, 0.6) is 11.6 Å². The first-order valence-electron chi connectivity index (χ1n) is 5.32. The van der Waals surface area contributed by atoms with Gasteiger partial charge in [-0.3, -0.25) is 0 Å². The van der Waals surface area contributed by atoms with Crippen molar-refractivity contribution in [3.05, 3.63) is 60.1 Å². The van der Waals surface area contributed by atoms with E-state index < -0.39 is 5.95 Å². The van der Waals surface area contributed by atoms with E-state index in [1.165, 1.54) is 6.07 Å². The average molecular weight is 229 g/mol. The minimum absolute atomic E-state index is 0.252. The number of benzene rings is 1. The Kier molecular flexibility index (Phi) is 3.50. The van der Waals surface area contributed by atoms with E-state index in [1.54, 1.807) is 12.1 Å². The van der Waals surface area contributed by atoms with Crippen LogP contribution >= 0.6 is 0 Å². The molecule has 17 heavy (non-hydrogen) atoms. The molecule has 0 amide bonds. The Morgan fingerprint density at radius 1 is 1.12 bits per heavy atom. The van der Waals surface area contributed by atoms with Gasteiger partial charge < -0.3 is 4.74 Å². The van der Waals surface area contributed by atoms with Crippen LogP contribution in [0, 0.1) is 5.95 Å². The van der Waals surface area contributed by atoms with Crippen LogP contribution in [0.25, 0.3) is 6.08 Å². The van der Waals surface area contributed by atoms with E-state index >= 15 is 0 Å². The molecule has 0 radical (unpaired) electrons. The quantitative estimate of drug-likeness (QED) is 0.741. The highest BCUT2D eigenvalue weighted by Gasteiger charge is 2.03. The van der Waals surface area contributed by atoms with Crippen LogP contribution in [-0.4, -0.2) is 4.98 Å². The van der Waals surface area contributed by atoms with Gasteiger partial charge in [-0.05, 0) is 19.1 Å². The van der Waals surface area contributed by atoms with Crippen molar-refractivity contribution >= 4 is 6.08 Å². The van der Waals surface area contributed by atoms with Crippen LogP contribution in [0.15, 0.2) is 48.5 Å². The number of allylic oxidation sites excluding steroid dienone is 1. The first kappa shape index (κ1) is 11.3. The highest BCUT2D eigenvalue weighted by atomic mass is 19.1. The molecule has 0 aliphatic rings. The molecule has 2 nitrogen and oxygen atoms in total. The van der Waals surface area contributed by atoms with Gasteiger partial charge in [-0.2, -0.15) is 9.37 Å². The summed E-state index contributed by atoms with van der Waals surface area (Å²) in [6, 6.07) is 12.0. The van der Waals surface area contributed by atoms with Crippen LogP contribution in [0.2, 0.25) is 0 Å². The summed E-state index contributed by atoms with van der Waals surface area (Å²) in [5.74, 6) is 0.358. The van der Waals surface area contributed by atoms with Gasteiger partial charge in [-0.15, -0.1) is 0 Å². The number of ether oxygens (including phenoxy) is 1. The zero-order valence-corrected chi connectivity index (χ0v) is 9.43. The first-order valence-corrected chi connectivity index (χ1v) is 5.32. The summed E-state index contributed by atoms with van der Waals surface area (Å²) in [5, 5.41) is 0. The Balaban J connectivity index is 2.29. The maximum absolute atomic E-state index is 12.9. The number of rotatable bonds is 3. The molecule has 1 aromatic carbocycles. The Morgan fingerprint density at radius 3 is 2.71 bits per heavy atom. The molecule has 0 aliphatic heterocycles. The molecule has 0 N–H and O–H groups in total. The summed E-state index contributed by atoms with van der Waals surface area (Å²) in [6.45, 7) is 1.93. The van der Waals surface area contributed by atoms with Crippen molar-refractivity contribution in [2.45, 2.75) is 6.92 Å². The molecule has 0 saturated carbocycles. The maximum Gasteiger partial charge on any atom is 0.221 e.